The number of hydrogen-bond donors (Lipinski definition) is 0. The summed E-state index contributed by atoms with van der Waals surface area (Å²) in [6, 6.07) is 5.30. The summed E-state index contributed by atoms with van der Waals surface area (Å²) in [4.78, 5) is 0. The van der Waals surface area contributed by atoms with Crippen LogP contribution in [0.1, 0.15) is 89.9 Å². The minimum atomic E-state index is -1.53. The quantitative estimate of drug-likeness (QED) is 0.0711. The number of unbranched alkanes of at least 4 members (excludes halogenated alkanes) is 2. The van der Waals surface area contributed by atoms with Crippen molar-refractivity contribution in [1.29, 1.82) is 0 Å². The third kappa shape index (κ3) is 14.5. The van der Waals surface area contributed by atoms with Gasteiger partial charge in [-0.1, -0.05) is 38.5 Å². The van der Waals surface area contributed by atoms with E-state index in [0.717, 1.165) is 25.0 Å². The lowest BCUT2D eigenvalue weighted by atomic mass is 9.88. The van der Waals surface area contributed by atoms with E-state index in [1.54, 1.807) is 0 Å². The van der Waals surface area contributed by atoms with Gasteiger partial charge in [0.05, 0.1) is 49.8 Å². The van der Waals surface area contributed by atoms with Gasteiger partial charge in [-0.2, -0.15) is 0 Å². The fourth-order valence-electron chi connectivity index (χ4n) is 8.62. The Morgan fingerprint density at radius 2 is 0.826 bits per heavy atom. The summed E-state index contributed by atoms with van der Waals surface area (Å²) in [6.07, 6.45) is 22.3. The summed E-state index contributed by atoms with van der Waals surface area (Å²) in [5.41, 5.74) is 0. The molecule has 0 aromatic rings. The van der Waals surface area contributed by atoms with Crippen molar-refractivity contribution >= 4 is 33.3 Å². The van der Waals surface area contributed by atoms with Gasteiger partial charge in [0.1, 0.15) is 0 Å². The maximum absolute atomic E-state index is 6.90. The summed E-state index contributed by atoms with van der Waals surface area (Å²) in [6.45, 7) is 21.5. The molecule has 4 aliphatic heterocycles. The van der Waals surface area contributed by atoms with Crippen LogP contribution in [0.5, 0.6) is 0 Å². The molecule has 6 rings (SSSR count). The first-order valence-electron chi connectivity index (χ1n) is 19.6. The normalized spacial score (nSPS) is 33.4. The van der Waals surface area contributed by atoms with Gasteiger partial charge in [0.25, 0.3) is 0 Å². The minimum absolute atomic E-state index is 0.594. The number of hydrogen-bond acceptors (Lipinski definition) is 6. The van der Waals surface area contributed by atoms with E-state index in [-0.39, 0.29) is 0 Å². The number of fused-ring (bicyclic) bond motifs is 2. The average Bonchev–Trinajstić information content (AvgIpc) is 3.77. The molecule has 8 atom stereocenters. The van der Waals surface area contributed by atoms with Crippen molar-refractivity contribution in [2.24, 2.45) is 11.8 Å². The highest BCUT2D eigenvalue weighted by Crippen LogP contribution is 2.43. The molecule has 46 heavy (non-hydrogen) atoms. The molecular weight excluding hydrogens is 641 g/mol. The topological polar surface area (TPSA) is 68.6 Å². The van der Waals surface area contributed by atoms with E-state index in [4.69, 9.17) is 27.2 Å². The molecule has 4 saturated heterocycles. The monoisotopic (exact) mass is 712 g/mol. The molecular formula is C36H72O6Si4. The van der Waals surface area contributed by atoms with Gasteiger partial charge in [-0.3, -0.25) is 0 Å². The third-order valence-electron chi connectivity index (χ3n) is 11.6. The lowest BCUT2D eigenvalue weighted by molar-refractivity contribution is 0.352. The van der Waals surface area contributed by atoms with Crippen molar-refractivity contribution in [3.05, 3.63) is 0 Å². The van der Waals surface area contributed by atoms with Gasteiger partial charge < -0.3 is 27.2 Å². The third-order valence-corrected chi connectivity index (χ3v) is 26.5. The van der Waals surface area contributed by atoms with Crippen LogP contribution >= 0.6 is 0 Å². The van der Waals surface area contributed by atoms with E-state index in [9.17, 15) is 0 Å². The van der Waals surface area contributed by atoms with Gasteiger partial charge in [-0.25, -0.2) is 0 Å². The molecule has 0 spiro atoms. The molecule has 2 aliphatic carbocycles. The first-order valence-corrected chi connectivity index (χ1v) is 32.1. The van der Waals surface area contributed by atoms with Gasteiger partial charge in [0.15, 0.2) is 33.3 Å². The Morgan fingerprint density at radius 1 is 0.457 bits per heavy atom. The van der Waals surface area contributed by atoms with Crippen LogP contribution in [-0.2, 0) is 27.2 Å². The first-order chi connectivity index (χ1) is 21.7. The summed E-state index contributed by atoms with van der Waals surface area (Å²) in [5.74, 6) is 1.80. The van der Waals surface area contributed by atoms with E-state index >= 15 is 0 Å². The zero-order chi connectivity index (χ0) is 33.0. The predicted octanol–water partition coefficient (Wildman–Crippen LogP) is 9.88. The molecule has 8 unspecified atom stereocenters. The fraction of sp³-hybridized carbons (Fsp3) is 1.00. The standard InChI is InChI=1S/C20H38O3Si2.C16H34O3Si2/c1-24(2,11-9-15-5-7-17-19(13-15)21-17)23-25(3,4)12-10-16-6-8-18-20(14-16)22-18;1-20(2,11-7-5-9-15-13-17-15)19-21(3,4)12-8-6-10-16-14-18-16/h15-20H,5-14H2,1-4H3;15-16H,5-14H2,1-4H3. The number of rotatable bonds is 20. The Morgan fingerprint density at radius 3 is 1.17 bits per heavy atom. The van der Waals surface area contributed by atoms with E-state index < -0.39 is 33.3 Å². The molecule has 268 valence electrons. The van der Waals surface area contributed by atoms with Crippen molar-refractivity contribution in [3.8, 4) is 0 Å². The molecule has 6 fully saturated rings. The van der Waals surface area contributed by atoms with Gasteiger partial charge >= 0.3 is 0 Å². The Bertz CT molecular complexity index is 867. The van der Waals surface area contributed by atoms with Crippen LogP contribution in [0.4, 0.5) is 0 Å². The smallest absolute Gasteiger partial charge is 0.173 e. The Hall–Kier alpha value is 0.628. The highest BCUT2D eigenvalue weighted by molar-refractivity contribution is 6.85. The SMILES string of the molecule is C[Si](C)(CCC1CCC2OC2C1)O[Si](C)(C)CCC1CCC2OC2C1.C[Si](C)(CCCCC1CO1)O[Si](C)(C)CCCCC1CO1. The Balaban J connectivity index is 0.000000184. The second-order valence-corrected chi connectivity index (χ2v) is 36.2. The Labute approximate surface area is 287 Å². The number of epoxide rings is 4. The summed E-state index contributed by atoms with van der Waals surface area (Å²) in [5, 5.41) is 0. The van der Waals surface area contributed by atoms with Crippen LogP contribution < -0.4 is 0 Å². The minimum Gasteiger partial charge on any atom is -0.455 e. The molecule has 0 radical (unpaired) electrons. The van der Waals surface area contributed by atoms with Crippen LogP contribution in [0.15, 0.2) is 0 Å². The van der Waals surface area contributed by atoms with Crippen molar-refractivity contribution in [2.45, 2.75) is 203 Å². The molecule has 0 amide bonds. The van der Waals surface area contributed by atoms with Crippen LogP contribution in [0.25, 0.3) is 0 Å². The maximum atomic E-state index is 6.90. The molecule has 4 heterocycles. The highest BCUT2D eigenvalue weighted by Gasteiger charge is 2.45. The van der Waals surface area contributed by atoms with Gasteiger partial charge in [-0.05, 0) is 140 Å². The zero-order valence-electron chi connectivity index (χ0n) is 31.2. The van der Waals surface area contributed by atoms with Gasteiger partial charge in [-0.15, -0.1) is 0 Å². The highest BCUT2D eigenvalue weighted by atomic mass is 28.4. The van der Waals surface area contributed by atoms with Crippen LogP contribution in [-0.4, -0.2) is 83.1 Å². The second-order valence-electron chi connectivity index (χ2n) is 18.5. The lowest BCUT2D eigenvalue weighted by Crippen LogP contribution is -2.44. The lowest BCUT2D eigenvalue weighted by Gasteiger charge is -2.36. The summed E-state index contributed by atoms with van der Waals surface area (Å²) in [7, 11) is -5.98. The summed E-state index contributed by atoms with van der Waals surface area (Å²) < 4.78 is 35.5. The molecule has 6 nitrogen and oxygen atoms in total. The fourth-order valence-corrected chi connectivity index (χ4v) is 26.6. The van der Waals surface area contributed by atoms with Gasteiger partial charge in [0.2, 0.25) is 0 Å². The molecule has 0 N–H and O–H groups in total. The summed E-state index contributed by atoms with van der Waals surface area (Å²) >= 11 is 0. The van der Waals surface area contributed by atoms with Crippen LogP contribution in [0.2, 0.25) is 76.6 Å². The first kappa shape index (κ1) is 37.9. The molecule has 0 aromatic heterocycles. The van der Waals surface area contributed by atoms with Crippen molar-refractivity contribution in [1.82, 2.24) is 0 Å². The molecule has 2 saturated carbocycles. The zero-order valence-corrected chi connectivity index (χ0v) is 35.2. The van der Waals surface area contributed by atoms with E-state index in [1.807, 2.05) is 0 Å². The molecule has 0 bridgehead atoms. The molecule has 0 aromatic carbocycles. The van der Waals surface area contributed by atoms with E-state index in [1.165, 1.54) is 114 Å². The maximum Gasteiger partial charge on any atom is 0.173 e. The molecule has 10 heteroatoms. The van der Waals surface area contributed by atoms with Crippen molar-refractivity contribution in [3.63, 3.8) is 0 Å². The van der Waals surface area contributed by atoms with Crippen molar-refractivity contribution in [2.75, 3.05) is 13.2 Å². The second kappa shape index (κ2) is 16.3. The largest absolute Gasteiger partial charge is 0.455 e. The van der Waals surface area contributed by atoms with Crippen LogP contribution in [0, 0.1) is 11.8 Å². The van der Waals surface area contributed by atoms with Crippen LogP contribution in [0.3, 0.4) is 0 Å². The van der Waals surface area contributed by atoms with E-state index in [0.29, 0.717) is 36.6 Å². The molecule has 6 aliphatic rings. The van der Waals surface area contributed by atoms with Gasteiger partial charge in [0, 0.05) is 0 Å². The van der Waals surface area contributed by atoms with Crippen molar-refractivity contribution < 1.29 is 27.2 Å². The average molecular weight is 713 g/mol. The predicted molar refractivity (Wildman–Crippen MR) is 200 cm³/mol. The van der Waals surface area contributed by atoms with E-state index in [2.05, 4.69) is 52.4 Å². The number of ether oxygens (including phenoxy) is 4. The Kier molecular flexibility index (Phi) is 13.4.